The van der Waals surface area contributed by atoms with Crippen LogP contribution in [0.15, 0.2) is 12.4 Å². The maximum atomic E-state index is 4.40. The quantitative estimate of drug-likeness (QED) is 0.833. The summed E-state index contributed by atoms with van der Waals surface area (Å²) in [6.45, 7) is 8.88. The number of nitrogens with one attached hydrogen (secondary N) is 1. The molecular formula is C15H27N3S. The summed E-state index contributed by atoms with van der Waals surface area (Å²) >= 11 is 2.15. The maximum absolute atomic E-state index is 4.40. The van der Waals surface area contributed by atoms with Crippen molar-refractivity contribution in [3.63, 3.8) is 0 Å². The van der Waals surface area contributed by atoms with Crippen LogP contribution in [-0.4, -0.2) is 32.9 Å². The van der Waals surface area contributed by atoms with Crippen LogP contribution in [-0.2, 0) is 13.0 Å². The zero-order chi connectivity index (χ0) is 13.7. The van der Waals surface area contributed by atoms with Crippen LogP contribution in [0.5, 0.6) is 0 Å². The molecule has 0 aliphatic carbocycles. The van der Waals surface area contributed by atoms with Gasteiger partial charge in [-0.1, -0.05) is 6.92 Å². The van der Waals surface area contributed by atoms with E-state index in [4.69, 9.17) is 0 Å². The molecule has 0 amide bonds. The average Bonchev–Trinajstić information content (AvgIpc) is 3.04. The summed E-state index contributed by atoms with van der Waals surface area (Å²) in [5.74, 6) is 1.31. The molecule has 2 rings (SSSR count). The summed E-state index contributed by atoms with van der Waals surface area (Å²) < 4.78 is 2.42. The molecule has 1 aliphatic rings. The third kappa shape index (κ3) is 3.76. The number of nitrogens with zero attached hydrogens (tertiary/aromatic N) is 2. The molecule has 1 aliphatic heterocycles. The van der Waals surface area contributed by atoms with Crippen molar-refractivity contribution >= 4 is 11.8 Å². The maximum Gasteiger partial charge on any atom is 0.0522 e. The molecule has 4 heteroatoms. The van der Waals surface area contributed by atoms with Crippen LogP contribution in [0.2, 0.25) is 0 Å². The van der Waals surface area contributed by atoms with E-state index in [1.54, 1.807) is 0 Å². The zero-order valence-corrected chi connectivity index (χ0v) is 13.3. The molecule has 1 saturated heterocycles. The lowest BCUT2D eigenvalue weighted by Crippen LogP contribution is -2.47. The van der Waals surface area contributed by atoms with Crippen molar-refractivity contribution in [2.24, 2.45) is 0 Å². The normalized spacial score (nSPS) is 24.8. The van der Waals surface area contributed by atoms with E-state index in [1.807, 2.05) is 10.9 Å². The Labute approximate surface area is 121 Å². The Morgan fingerprint density at radius 2 is 2.37 bits per heavy atom. The van der Waals surface area contributed by atoms with Gasteiger partial charge >= 0.3 is 0 Å². The monoisotopic (exact) mass is 281 g/mol. The zero-order valence-electron chi connectivity index (χ0n) is 12.5. The van der Waals surface area contributed by atoms with E-state index < -0.39 is 0 Å². The summed E-state index contributed by atoms with van der Waals surface area (Å²) in [6, 6.07) is 0.564. The average molecular weight is 281 g/mol. The largest absolute Gasteiger partial charge is 0.312 e. The molecule has 1 aromatic rings. The fourth-order valence-electron chi connectivity index (χ4n) is 2.82. The number of aryl methyl sites for hydroxylation is 1. The Kier molecular flexibility index (Phi) is 5.34. The van der Waals surface area contributed by atoms with Crippen LogP contribution in [0.25, 0.3) is 0 Å². The number of rotatable bonds is 7. The van der Waals surface area contributed by atoms with Crippen molar-refractivity contribution < 1.29 is 0 Å². The van der Waals surface area contributed by atoms with Gasteiger partial charge in [0.15, 0.2) is 0 Å². The van der Waals surface area contributed by atoms with E-state index in [9.17, 15) is 0 Å². The van der Waals surface area contributed by atoms with E-state index in [0.29, 0.717) is 10.8 Å². The van der Waals surface area contributed by atoms with Crippen molar-refractivity contribution in [1.82, 2.24) is 15.1 Å². The van der Waals surface area contributed by atoms with Gasteiger partial charge in [-0.3, -0.25) is 4.68 Å². The second kappa shape index (κ2) is 6.80. The fourth-order valence-corrected chi connectivity index (χ4v) is 4.23. The highest BCUT2D eigenvalue weighted by Gasteiger charge is 2.37. The van der Waals surface area contributed by atoms with Crippen LogP contribution >= 0.6 is 11.8 Å². The first kappa shape index (κ1) is 14.9. The number of hydrogen-bond donors (Lipinski definition) is 1. The van der Waals surface area contributed by atoms with Crippen LogP contribution in [0.1, 0.15) is 45.6 Å². The van der Waals surface area contributed by atoms with Crippen molar-refractivity contribution in [3.8, 4) is 0 Å². The van der Waals surface area contributed by atoms with Crippen molar-refractivity contribution in [1.29, 1.82) is 0 Å². The molecule has 0 bridgehead atoms. The van der Waals surface area contributed by atoms with Crippen molar-refractivity contribution in [3.05, 3.63) is 18.0 Å². The van der Waals surface area contributed by atoms with E-state index in [1.165, 1.54) is 30.6 Å². The van der Waals surface area contributed by atoms with Gasteiger partial charge in [-0.25, -0.2) is 0 Å². The molecule has 1 N–H and O–H groups in total. The number of aromatic nitrogens is 2. The van der Waals surface area contributed by atoms with Gasteiger partial charge < -0.3 is 5.32 Å². The van der Waals surface area contributed by atoms with Crippen LogP contribution in [0.3, 0.4) is 0 Å². The standard InChI is InChI=1S/C15H27N3S/c1-4-8-16-14(15(3)7-6-9-19-15)10-13-11-17-18(5-2)12-13/h11-12,14,16H,4-10H2,1-3H3. The lowest BCUT2D eigenvalue weighted by Gasteiger charge is -2.34. The molecule has 19 heavy (non-hydrogen) atoms. The summed E-state index contributed by atoms with van der Waals surface area (Å²) in [6.07, 6.45) is 9.23. The Hall–Kier alpha value is -0.480. The van der Waals surface area contributed by atoms with Gasteiger partial charge in [0.2, 0.25) is 0 Å². The number of hydrogen-bond acceptors (Lipinski definition) is 3. The predicted molar refractivity (Wildman–Crippen MR) is 83.8 cm³/mol. The third-order valence-electron chi connectivity index (χ3n) is 4.08. The first-order valence-electron chi connectivity index (χ1n) is 7.56. The minimum atomic E-state index is 0.392. The molecule has 0 spiro atoms. The Balaban J connectivity index is 2.04. The lowest BCUT2D eigenvalue weighted by atomic mass is 9.91. The smallest absolute Gasteiger partial charge is 0.0522 e. The predicted octanol–water partition coefficient (Wildman–Crippen LogP) is 3.10. The molecule has 2 heterocycles. The summed E-state index contributed by atoms with van der Waals surface area (Å²) in [4.78, 5) is 0. The first-order valence-corrected chi connectivity index (χ1v) is 8.55. The van der Waals surface area contributed by atoms with Gasteiger partial charge in [0.25, 0.3) is 0 Å². The second-order valence-corrected chi connectivity index (χ2v) is 7.31. The van der Waals surface area contributed by atoms with Gasteiger partial charge in [0.1, 0.15) is 0 Å². The molecule has 1 fully saturated rings. The lowest BCUT2D eigenvalue weighted by molar-refractivity contribution is 0.399. The van der Waals surface area contributed by atoms with E-state index in [-0.39, 0.29) is 0 Å². The van der Waals surface area contributed by atoms with Crippen LogP contribution in [0, 0.1) is 0 Å². The highest BCUT2D eigenvalue weighted by molar-refractivity contribution is 8.00. The van der Waals surface area contributed by atoms with E-state index in [0.717, 1.165) is 19.5 Å². The first-order chi connectivity index (χ1) is 9.18. The SMILES string of the molecule is CCCNC(Cc1cnn(CC)c1)C1(C)CCCS1. The summed E-state index contributed by atoms with van der Waals surface area (Å²) in [5, 5.41) is 8.17. The fraction of sp³-hybridized carbons (Fsp3) is 0.800. The summed E-state index contributed by atoms with van der Waals surface area (Å²) in [7, 11) is 0. The Morgan fingerprint density at radius 3 is 2.95 bits per heavy atom. The minimum Gasteiger partial charge on any atom is -0.312 e. The van der Waals surface area contributed by atoms with Gasteiger partial charge in [-0.2, -0.15) is 16.9 Å². The van der Waals surface area contributed by atoms with E-state index >= 15 is 0 Å². The Bertz CT molecular complexity index is 382. The molecule has 0 aromatic carbocycles. The molecule has 1 aromatic heterocycles. The minimum absolute atomic E-state index is 0.392. The molecule has 2 atom stereocenters. The van der Waals surface area contributed by atoms with Crippen molar-refractivity contribution in [2.75, 3.05) is 12.3 Å². The molecule has 3 nitrogen and oxygen atoms in total. The van der Waals surface area contributed by atoms with Gasteiger partial charge in [0, 0.05) is 23.5 Å². The highest BCUT2D eigenvalue weighted by atomic mass is 32.2. The van der Waals surface area contributed by atoms with Crippen LogP contribution < -0.4 is 5.32 Å². The van der Waals surface area contributed by atoms with Gasteiger partial charge in [0.05, 0.1) is 6.20 Å². The topological polar surface area (TPSA) is 29.9 Å². The third-order valence-corrected chi connectivity index (χ3v) is 5.72. The van der Waals surface area contributed by atoms with Crippen molar-refractivity contribution in [2.45, 2.75) is 63.8 Å². The highest BCUT2D eigenvalue weighted by Crippen LogP contribution is 2.41. The molecular weight excluding hydrogens is 254 g/mol. The second-order valence-electron chi connectivity index (χ2n) is 5.68. The molecule has 0 saturated carbocycles. The van der Waals surface area contributed by atoms with E-state index in [2.05, 4.69) is 49.1 Å². The van der Waals surface area contributed by atoms with Gasteiger partial charge in [-0.15, -0.1) is 0 Å². The molecule has 2 unspecified atom stereocenters. The molecule has 0 radical (unpaired) electrons. The summed E-state index contributed by atoms with van der Waals surface area (Å²) in [5.41, 5.74) is 1.36. The Morgan fingerprint density at radius 1 is 1.53 bits per heavy atom. The number of thioether (sulfide) groups is 1. The van der Waals surface area contributed by atoms with Crippen LogP contribution in [0.4, 0.5) is 0 Å². The van der Waals surface area contributed by atoms with Gasteiger partial charge in [-0.05, 0) is 57.4 Å². The molecule has 108 valence electrons.